The van der Waals surface area contributed by atoms with Crippen molar-refractivity contribution in [2.45, 2.75) is 0 Å². The van der Waals surface area contributed by atoms with Crippen molar-refractivity contribution in [3.05, 3.63) is 12.4 Å². The van der Waals surface area contributed by atoms with Gasteiger partial charge in [0.05, 0.1) is 17.8 Å². The summed E-state index contributed by atoms with van der Waals surface area (Å²) in [5, 5.41) is 4.54. The molecule has 2 aromatic rings. The van der Waals surface area contributed by atoms with E-state index in [1.54, 1.807) is 12.4 Å². The van der Waals surface area contributed by atoms with Gasteiger partial charge in [-0.05, 0) is 0 Å². The van der Waals surface area contributed by atoms with Crippen LogP contribution in [0.2, 0.25) is 0 Å². The van der Waals surface area contributed by atoms with E-state index in [0.29, 0.717) is 0 Å². The largest absolute Gasteiger partial charge is 0.344 e. The second-order valence-electron chi connectivity index (χ2n) is 1.39. The highest BCUT2D eigenvalue weighted by Crippen LogP contribution is 2.15. The first kappa shape index (κ1) is 4.03. The van der Waals surface area contributed by atoms with Crippen LogP contribution in [-0.2, 0) is 0 Å². The first-order valence-corrected chi connectivity index (χ1v) is 2.89. The topological polar surface area (TPSA) is 38.9 Å². The van der Waals surface area contributed by atoms with Crippen LogP contribution in [0.3, 0.4) is 0 Å². The number of aromatic nitrogens is 2. The van der Waals surface area contributed by atoms with Crippen molar-refractivity contribution in [2.75, 3.05) is 0 Å². The van der Waals surface area contributed by atoms with E-state index in [0.717, 1.165) is 10.3 Å². The van der Waals surface area contributed by atoms with Crippen molar-refractivity contribution in [1.82, 2.24) is 9.53 Å². The Morgan fingerprint density at radius 3 is 3.38 bits per heavy atom. The summed E-state index contributed by atoms with van der Waals surface area (Å²) in [6.45, 7) is 0. The van der Waals surface area contributed by atoms with Gasteiger partial charge in [-0.1, -0.05) is 5.16 Å². The highest BCUT2D eigenvalue weighted by atomic mass is 32.1. The van der Waals surface area contributed by atoms with E-state index in [1.165, 1.54) is 11.5 Å². The highest BCUT2D eigenvalue weighted by molar-refractivity contribution is 7.12. The molecule has 0 saturated heterocycles. The summed E-state index contributed by atoms with van der Waals surface area (Å²) in [6.07, 6.45) is 3.38. The zero-order valence-corrected chi connectivity index (χ0v) is 4.68. The molecule has 40 valence electrons. The molecular formula is C4H2N2OS. The zero-order valence-electron chi connectivity index (χ0n) is 3.87. The van der Waals surface area contributed by atoms with Crippen LogP contribution in [-0.4, -0.2) is 9.53 Å². The fourth-order valence-electron chi connectivity index (χ4n) is 0.523. The average Bonchev–Trinajstić information content (AvgIpc) is 2.15. The predicted octanol–water partition coefficient (Wildman–Crippen LogP) is 1.28. The summed E-state index contributed by atoms with van der Waals surface area (Å²) >= 11 is 1.31. The Morgan fingerprint density at radius 2 is 2.50 bits per heavy atom. The molecule has 3 nitrogen and oxygen atoms in total. The van der Waals surface area contributed by atoms with E-state index in [2.05, 4.69) is 9.53 Å². The number of hydrogen-bond acceptors (Lipinski definition) is 4. The zero-order chi connectivity index (χ0) is 5.40. The molecule has 0 spiro atoms. The lowest BCUT2D eigenvalue weighted by atomic mass is 10.5. The molecule has 0 bridgehead atoms. The molecule has 2 aromatic heterocycles. The van der Waals surface area contributed by atoms with Crippen molar-refractivity contribution >= 4 is 21.8 Å². The molecule has 4 heteroatoms. The van der Waals surface area contributed by atoms with Gasteiger partial charge in [-0.2, -0.15) is 4.37 Å². The number of nitrogens with zero attached hydrogens (tertiary/aromatic N) is 2. The molecule has 0 aromatic carbocycles. The molecule has 0 aliphatic carbocycles. The molecule has 0 amide bonds. The van der Waals surface area contributed by atoms with E-state index in [4.69, 9.17) is 4.52 Å². The Balaban J connectivity index is 3.06. The summed E-state index contributed by atoms with van der Waals surface area (Å²) in [5.74, 6) is 0. The molecule has 0 N–H and O–H groups in total. The van der Waals surface area contributed by atoms with Crippen LogP contribution in [0.4, 0.5) is 0 Å². The summed E-state index contributed by atoms with van der Waals surface area (Å²) < 4.78 is 8.63. The van der Waals surface area contributed by atoms with Crippen molar-refractivity contribution in [3.8, 4) is 0 Å². The van der Waals surface area contributed by atoms with E-state index in [1.807, 2.05) is 0 Å². The molecule has 8 heavy (non-hydrogen) atoms. The first-order chi connectivity index (χ1) is 3.97. The van der Waals surface area contributed by atoms with Crippen LogP contribution in [0.1, 0.15) is 0 Å². The lowest BCUT2D eigenvalue weighted by Crippen LogP contribution is -1.46. The van der Waals surface area contributed by atoms with Crippen molar-refractivity contribution in [3.63, 3.8) is 0 Å². The fourth-order valence-corrected chi connectivity index (χ4v) is 1.07. The summed E-state index contributed by atoms with van der Waals surface area (Å²) in [6, 6.07) is 0. The van der Waals surface area contributed by atoms with Crippen molar-refractivity contribution in [2.24, 2.45) is 0 Å². The maximum atomic E-state index is 4.76. The monoisotopic (exact) mass is 126 g/mol. The van der Waals surface area contributed by atoms with Gasteiger partial charge in [0.1, 0.15) is 0 Å². The van der Waals surface area contributed by atoms with Crippen molar-refractivity contribution in [1.29, 1.82) is 0 Å². The SMILES string of the molecule is c1noc2sncc12. The van der Waals surface area contributed by atoms with E-state index < -0.39 is 0 Å². The van der Waals surface area contributed by atoms with Gasteiger partial charge in [-0.25, -0.2) is 0 Å². The molecule has 2 heterocycles. The third-order valence-corrected chi connectivity index (χ3v) is 1.58. The Bertz CT molecular complexity index is 235. The molecule has 0 fully saturated rings. The number of hydrogen-bond donors (Lipinski definition) is 0. The van der Waals surface area contributed by atoms with Crippen LogP contribution >= 0.6 is 11.5 Å². The molecular weight excluding hydrogens is 124 g/mol. The van der Waals surface area contributed by atoms with Crippen LogP contribution in [0.25, 0.3) is 10.3 Å². The molecule has 0 atom stereocenters. The minimum Gasteiger partial charge on any atom is -0.344 e. The maximum Gasteiger partial charge on any atom is 0.239 e. The van der Waals surface area contributed by atoms with E-state index >= 15 is 0 Å². The Morgan fingerprint density at radius 1 is 1.50 bits per heavy atom. The Labute approximate surface area is 49.1 Å². The van der Waals surface area contributed by atoms with Gasteiger partial charge in [0.15, 0.2) is 0 Å². The normalized spacial score (nSPS) is 10.5. The van der Waals surface area contributed by atoms with Gasteiger partial charge in [-0.15, -0.1) is 0 Å². The van der Waals surface area contributed by atoms with Gasteiger partial charge in [0, 0.05) is 11.5 Å². The minimum absolute atomic E-state index is 0.796. The van der Waals surface area contributed by atoms with Crippen LogP contribution in [0, 0.1) is 0 Å². The van der Waals surface area contributed by atoms with Gasteiger partial charge in [-0.3, -0.25) is 0 Å². The third-order valence-electron chi connectivity index (χ3n) is 0.891. The summed E-state index contributed by atoms with van der Waals surface area (Å²) in [7, 11) is 0. The van der Waals surface area contributed by atoms with Gasteiger partial charge < -0.3 is 4.52 Å². The third kappa shape index (κ3) is 0.376. The molecule has 0 aliphatic heterocycles. The number of rotatable bonds is 0. The van der Waals surface area contributed by atoms with Gasteiger partial charge in [0.2, 0.25) is 4.90 Å². The van der Waals surface area contributed by atoms with Gasteiger partial charge in [0.25, 0.3) is 0 Å². The van der Waals surface area contributed by atoms with Gasteiger partial charge >= 0.3 is 0 Å². The average molecular weight is 126 g/mol. The van der Waals surface area contributed by atoms with E-state index in [9.17, 15) is 0 Å². The van der Waals surface area contributed by atoms with Crippen molar-refractivity contribution < 1.29 is 4.52 Å². The van der Waals surface area contributed by atoms with Crippen LogP contribution in [0.15, 0.2) is 16.9 Å². The predicted molar refractivity (Wildman–Crippen MR) is 29.7 cm³/mol. The lowest BCUT2D eigenvalue weighted by Gasteiger charge is -1.59. The van der Waals surface area contributed by atoms with Crippen LogP contribution < -0.4 is 0 Å². The molecule has 2 rings (SSSR count). The maximum absolute atomic E-state index is 4.76. The second-order valence-corrected chi connectivity index (χ2v) is 2.16. The summed E-state index contributed by atoms with van der Waals surface area (Å²) in [5.41, 5.74) is 0. The smallest absolute Gasteiger partial charge is 0.239 e. The minimum atomic E-state index is 0.796. The highest BCUT2D eigenvalue weighted by Gasteiger charge is 1.96. The molecule has 0 aliphatic rings. The fraction of sp³-hybridized carbons (Fsp3) is 0. The molecule has 0 unspecified atom stereocenters. The Kier molecular flexibility index (Phi) is 0.648. The lowest BCUT2D eigenvalue weighted by molar-refractivity contribution is 0.461. The first-order valence-electron chi connectivity index (χ1n) is 2.12. The number of fused-ring (bicyclic) bond motifs is 1. The quantitative estimate of drug-likeness (QED) is 0.533. The standard InChI is InChI=1S/C4H2N2OS/c1-3-2-6-8-4(3)7-5-1/h1-2H. The second kappa shape index (κ2) is 1.29. The molecule has 0 radical (unpaired) electrons. The van der Waals surface area contributed by atoms with Crippen LogP contribution in [0.5, 0.6) is 0 Å². The molecule has 0 saturated carbocycles. The summed E-state index contributed by atoms with van der Waals surface area (Å²) in [4.78, 5) is 0.796. The Hall–Kier alpha value is -0.900. The van der Waals surface area contributed by atoms with E-state index in [-0.39, 0.29) is 0 Å².